The maximum absolute atomic E-state index is 11.5. The molecule has 0 spiro atoms. The first-order valence-corrected chi connectivity index (χ1v) is 4.82. The van der Waals surface area contributed by atoms with Crippen LogP contribution in [0.2, 0.25) is 0 Å². The highest BCUT2D eigenvalue weighted by Crippen LogP contribution is 2.07. The molecule has 0 bridgehead atoms. The van der Waals surface area contributed by atoms with Crippen molar-refractivity contribution in [3.63, 3.8) is 0 Å². The van der Waals surface area contributed by atoms with Crippen LogP contribution in [0.5, 0.6) is 0 Å². The molecule has 0 fully saturated rings. The predicted molar refractivity (Wildman–Crippen MR) is 54.7 cm³/mol. The quantitative estimate of drug-likeness (QED) is 0.794. The third-order valence-electron chi connectivity index (χ3n) is 1.97. The molecule has 0 saturated carbocycles. The average molecular weight is 193 g/mol. The lowest BCUT2D eigenvalue weighted by Crippen LogP contribution is -2.21. The maximum atomic E-state index is 11.5. The predicted octanol–water partition coefficient (Wildman–Crippen LogP) is 1.85. The molecule has 4 heteroatoms. The van der Waals surface area contributed by atoms with Crippen molar-refractivity contribution in [1.82, 2.24) is 9.97 Å². The molecule has 0 aliphatic rings. The Morgan fingerprint density at radius 3 is 2.71 bits per heavy atom. The van der Waals surface area contributed by atoms with E-state index < -0.39 is 0 Å². The molecule has 1 unspecified atom stereocenters. The van der Waals surface area contributed by atoms with E-state index in [0.29, 0.717) is 5.95 Å². The molecule has 1 atom stereocenters. The van der Waals surface area contributed by atoms with Gasteiger partial charge in [-0.05, 0) is 12.5 Å². The standard InChI is InChI=1S/C10H15N3O/c1-3-5-8(2)9(14)13-10-11-6-4-7-12-10/h4,6-8H,3,5H2,1-2H3,(H,11,12,13,14). The van der Waals surface area contributed by atoms with Gasteiger partial charge in [-0.15, -0.1) is 0 Å². The highest BCUT2D eigenvalue weighted by atomic mass is 16.2. The van der Waals surface area contributed by atoms with Crippen molar-refractivity contribution in [2.45, 2.75) is 26.7 Å². The van der Waals surface area contributed by atoms with Gasteiger partial charge in [-0.1, -0.05) is 20.3 Å². The lowest BCUT2D eigenvalue weighted by atomic mass is 10.1. The van der Waals surface area contributed by atoms with Crippen LogP contribution in [-0.4, -0.2) is 15.9 Å². The third-order valence-corrected chi connectivity index (χ3v) is 1.97. The Kier molecular flexibility index (Phi) is 4.04. The number of nitrogens with one attached hydrogen (secondary N) is 1. The normalized spacial score (nSPS) is 12.1. The Labute approximate surface area is 83.8 Å². The van der Waals surface area contributed by atoms with Crippen LogP contribution in [0.3, 0.4) is 0 Å². The molecule has 0 aliphatic carbocycles. The van der Waals surface area contributed by atoms with Gasteiger partial charge in [0.1, 0.15) is 0 Å². The van der Waals surface area contributed by atoms with E-state index in [1.54, 1.807) is 18.5 Å². The van der Waals surface area contributed by atoms with Crippen molar-refractivity contribution in [1.29, 1.82) is 0 Å². The van der Waals surface area contributed by atoms with Crippen LogP contribution >= 0.6 is 0 Å². The summed E-state index contributed by atoms with van der Waals surface area (Å²) >= 11 is 0. The smallest absolute Gasteiger partial charge is 0.229 e. The Hall–Kier alpha value is -1.45. The fraction of sp³-hybridized carbons (Fsp3) is 0.500. The number of nitrogens with zero attached hydrogens (tertiary/aromatic N) is 2. The second-order valence-electron chi connectivity index (χ2n) is 3.25. The van der Waals surface area contributed by atoms with Gasteiger partial charge in [-0.2, -0.15) is 0 Å². The van der Waals surface area contributed by atoms with Crippen LogP contribution in [0.1, 0.15) is 26.7 Å². The van der Waals surface area contributed by atoms with E-state index in [9.17, 15) is 4.79 Å². The molecule has 1 aromatic heterocycles. The summed E-state index contributed by atoms with van der Waals surface area (Å²) in [6.45, 7) is 3.96. The number of hydrogen-bond acceptors (Lipinski definition) is 3. The number of aromatic nitrogens is 2. The first-order chi connectivity index (χ1) is 6.74. The van der Waals surface area contributed by atoms with Crippen LogP contribution < -0.4 is 5.32 Å². The van der Waals surface area contributed by atoms with Crippen LogP contribution in [0.25, 0.3) is 0 Å². The highest BCUT2D eigenvalue weighted by Gasteiger charge is 2.12. The van der Waals surface area contributed by atoms with E-state index in [0.717, 1.165) is 12.8 Å². The molecule has 0 saturated heterocycles. The van der Waals surface area contributed by atoms with Gasteiger partial charge in [-0.3, -0.25) is 10.1 Å². The molecule has 0 aliphatic heterocycles. The second-order valence-corrected chi connectivity index (χ2v) is 3.25. The molecule has 1 N–H and O–H groups in total. The fourth-order valence-electron chi connectivity index (χ4n) is 1.16. The van der Waals surface area contributed by atoms with Gasteiger partial charge in [-0.25, -0.2) is 9.97 Å². The summed E-state index contributed by atoms with van der Waals surface area (Å²) in [4.78, 5) is 19.3. The number of rotatable bonds is 4. The Morgan fingerprint density at radius 1 is 1.50 bits per heavy atom. The summed E-state index contributed by atoms with van der Waals surface area (Å²) in [5.74, 6) is 0.377. The molecule has 14 heavy (non-hydrogen) atoms. The number of hydrogen-bond donors (Lipinski definition) is 1. The molecule has 0 radical (unpaired) electrons. The van der Waals surface area contributed by atoms with Crippen molar-refractivity contribution in [3.05, 3.63) is 18.5 Å². The summed E-state index contributed by atoms with van der Waals surface area (Å²) in [5, 5.41) is 2.67. The first-order valence-electron chi connectivity index (χ1n) is 4.82. The monoisotopic (exact) mass is 193 g/mol. The fourth-order valence-corrected chi connectivity index (χ4v) is 1.16. The zero-order chi connectivity index (χ0) is 10.4. The third kappa shape index (κ3) is 3.12. The van der Waals surface area contributed by atoms with E-state index in [-0.39, 0.29) is 11.8 Å². The van der Waals surface area contributed by atoms with Crippen molar-refractivity contribution >= 4 is 11.9 Å². The molecular formula is C10H15N3O. The Morgan fingerprint density at radius 2 is 2.14 bits per heavy atom. The van der Waals surface area contributed by atoms with Gasteiger partial charge in [0.2, 0.25) is 11.9 Å². The zero-order valence-electron chi connectivity index (χ0n) is 8.53. The van der Waals surface area contributed by atoms with E-state index in [1.165, 1.54) is 0 Å². The van der Waals surface area contributed by atoms with Crippen molar-refractivity contribution in [2.75, 3.05) is 5.32 Å². The number of carbonyl (C=O) groups excluding carboxylic acids is 1. The number of amides is 1. The second kappa shape index (κ2) is 5.32. The molecular weight excluding hydrogens is 178 g/mol. The van der Waals surface area contributed by atoms with Gasteiger partial charge < -0.3 is 0 Å². The zero-order valence-corrected chi connectivity index (χ0v) is 8.53. The highest BCUT2D eigenvalue weighted by molar-refractivity contribution is 5.90. The molecule has 0 aromatic carbocycles. The summed E-state index contributed by atoms with van der Waals surface area (Å²) in [6, 6.07) is 1.71. The first kappa shape index (κ1) is 10.6. The van der Waals surface area contributed by atoms with Gasteiger partial charge in [0.15, 0.2) is 0 Å². The maximum Gasteiger partial charge on any atom is 0.229 e. The van der Waals surface area contributed by atoms with E-state index >= 15 is 0 Å². The van der Waals surface area contributed by atoms with Crippen LogP contribution in [-0.2, 0) is 4.79 Å². The van der Waals surface area contributed by atoms with Crippen molar-refractivity contribution in [2.24, 2.45) is 5.92 Å². The Bertz CT molecular complexity index is 287. The van der Waals surface area contributed by atoms with Gasteiger partial charge in [0, 0.05) is 18.3 Å². The Balaban J connectivity index is 2.49. The van der Waals surface area contributed by atoms with Crippen LogP contribution in [0.4, 0.5) is 5.95 Å². The van der Waals surface area contributed by atoms with Crippen LogP contribution in [0.15, 0.2) is 18.5 Å². The minimum Gasteiger partial charge on any atom is -0.294 e. The summed E-state index contributed by atoms with van der Waals surface area (Å²) in [5.41, 5.74) is 0. The molecule has 1 amide bonds. The van der Waals surface area contributed by atoms with Crippen molar-refractivity contribution in [3.8, 4) is 0 Å². The molecule has 1 heterocycles. The van der Waals surface area contributed by atoms with E-state index in [4.69, 9.17) is 0 Å². The summed E-state index contributed by atoms with van der Waals surface area (Å²) < 4.78 is 0. The lowest BCUT2D eigenvalue weighted by molar-refractivity contribution is -0.119. The topological polar surface area (TPSA) is 54.9 Å². The van der Waals surface area contributed by atoms with E-state index in [2.05, 4.69) is 22.2 Å². The lowest BCUT2D eigenvalue weighted by Gasteiger charge is -2.08. The minimum atomic E-state index is -0.0157. The molecule has 4 nitrogen and oxygen atoms in total. The molecule has 1 rings (SSSR count). The van der Waals surface area contributed by atoms with Gasteiger partial charge in [0.25, 0.3) is 0 Å². The molecule has 1 aromatic rings. The van der Waals surface area contributed by atoms with Gasteiger partial charge >= 0.3 is 0 Å². The minimum absolute atomic E-state index is 0.0157. The average Bonchev–Trinajstić information content (AvgIpc) is 2.19. The van der Waals surface area contributed by atoms with Crippen LogP contribution in [0, 0.1) is 5.92 Å². The van der Waals surface area contributed by atoms with Gasteiger partial charge in [0.05, 0.1) is 0 Å². The molecule has 76 valence electrons. The SMILES string of the molecule is CCCC(C)C(=O)Nc1ncccn1. The van der Waals surface area contributed by atoms with E-state index in [1.807, 2.05) is 6.92 Å². The van der Waals surface area contributed by atoms with Crippen molar-refractivity contribution < 1.29 is 4.79 Å². The largest absolute Gasteiger partial charge is 0.294 e. The number of anilines is 1. The summed E-state index contributed by atoms with van der Waals surface area (Å²) in [7, 11) is 0. The summed E-state index contributed by atoms with van der Waals surface area (Å²) in [6.07, 6.45) is 5.10. The number of carbonyl (C=O) groups is 1.